The number of carbonyl (C=O) groups is 2. The highest BCUT2D eigenvalue weighted by Gasteiger charge is 2.31. The van der Waals surface area contributed by atoms with Crippen molar-refractivity contribution in [2.45, 2.75) is 45.0 Å². The van der Waals surface area contributed by atoms with Gasteiger partial charge in [0.2, 0.25) is 11.8 Å². The van der Waals surface area contributed by atoms with Crippen molar-refractivity contribution >= 4 is 46.8 Å². The van der Waals surface area contributed by atoms with E-state index in [-0.39, 0.29) is 24.1 Å². The number of nitrogens with one attached hydrogen (secondary N) is 1. The molecule has 190 valence electrons. The molecule has 4 nitrogen and oxygen atoms in total. The van der Waals surface area contributed by atoms with Crippen LogP contribution in [0.2, 0.25) is 10.0 Å². The molecule has 0 aliphatic rings. The van der Waals surface area contributed by atoms with E-state index in [1.807, 2.05) is 37.3 Å². The van der Waals surface area contributed by atoms with Crippen LogP contribution in [0.4, 0.5) is 0 Å². The summed E-state index contributed by atoms with van der Waals surface area (Å²) in [5.41, 5.74) is 3.97. The Morgan fingerprint density at radius 1 is 0.917 bits per heavy atom. The van der Waals surface area contributed by atoms with Gasteiger partial charge in [0.1, 0.15) is 6.04 Å². The third kappa shape index (κ3) is 8.29. The van der Waals surface area contributed by atoms with Gasteiger partial charge in [-0.15, -0.1) is 11.8 Å². The lowest BCUT2D eigenvalue weighted by Crippen LogP contribution is -2.51. The summed E-state index contributed by atoms with van der Waals surface area (Å²) in [6, 6.07) is 22.6. The molecule has 0 bridgehead atoms. The molecule has 3 rings (SSSR count). The number of rotatable bonds is 12. The molecule has 0 saturated heterocycles. The first kappa shape index (κ1) is 28.1. The number of carbonyl (C=O) groups excluding carboxylic acids is 2. The van der Waals surface area contributed by atoms with Gasteiger partial charge in [0.25, 0.3) is 0 Å². The van der Waals surface area contributed by atoms with E-state index in [4.69, 9.17) is 23.2 Å². The third-order valence-electron chi connectivity index (χ3n) is 5.83. The van der Waals surface area contributed by atoms with Gasteiger partial charge in [-0.1, -0.05) is 96.4 Å². The molecule has 0 spiro atoms. The number of hydrogen-bond donors (Lipinski definition) is 1. The van der Waals surface area contributed by atoms with E-state index >= 15 is 0 Å². The Bertz CT molecular complexity index is 1120. The van der Waals surface area contributed by atoms with Gasteiger partial charge in [-0.05, 0) is 36.6 Å². The molecule has 0 saturated carbocycles. The summed E-state index contributed by atoms with van der Waals surface area (Å²) in [5, 5.41) is 3.93. The van der Waals surface area contributed by atoms with Gasteiger partial charge in [0, 0.05) is 40.9 Å². The van der Waals surface area contributed by atoms with Crippen molar-refractivity contribution in [2.75, 3.05) is 12.3 Å². The molecule has 0 aliphatic carbocycles. The number of aryl methyl sites for hydroxylation is 1. The van der Waals surface area contributed by atoms with Crippen molar-refractivity contribution in [2.24, 2.45) is 0 Å². The summed E-state index contributed by atoms with van der Waals surface area (Å²) in [5.74, 6) is 0.636. The first-order chi connectivity index (χ1) is 17.4. The Balaban J connectivity index is 1.87. The largest absolute Gasteiger partial charge is 0.354 e. The number of benzene rings is 3. The maximum atomic E-state index is 13.7. The second-order valence-corrected chi connectivity index (χ2v) is 10.5. The predicted octanol–water partition coefficient (Wildman–Crippen LogP) is 6.70. The van der Waals surface area contributed by atoms with Gasteiger partial charge in [-0.25, -0.2) is 0 Å². The SMILES string of the molecule is CCCNC(=O)[C@@H](Cc1ccccc1)N(Cc1c(Cl)cccc1Cl)C(=O)CSCc1ccc(C)cc1. The lowest BCUT2D eigenvalue weighted by atomic mass is 10.0. The van der Waals surface area contributed by atoms with Gasteiger partial charge in [-0.3, -0.25) is 9.59 Å². The molecular formula is C29H32Cl2N2O2S. The number of nitrogens with zero attached hydrogens (tertiary/aromatic N) is 1. The van der Waals surface area contributed by atoms with Gasteiger partial charge in [-0.2, -0.15) is 0 Å². The average Bonchev–Trinajstić information content (AvgIpc) is 2.88. The monoisotopic (exact) mass is 542 g/mol. The van der Waals surface area contributed by atoms with E-state index in [2.05, 4.69) is 36.5 Å². The van der Waals surface area contributed by atoms with Crippen molar-refractivity contribution in [3.05, 3.63) is 105 Å². The Morgan fingerprint density at radius 3 is 2.22 bits per heavy atom. The molecule has 1 atom stereocenters. The quantitative estimate of drug-likeness (QED) is 0.277. The molecule has 0 heterocycles. The number of amides is 2. The molecule has 0 unspecified atom stereocenters. The summed E-state index contributed by atoms with van der Waals surface area (Å²) < 4.78 is 0. The van der Waals surface area contributed by atoms with Crippen molar-refractivity contribution in [3.8, 4) is 0 Å². The number of hydrogen-bond acceptors (Lipinski definition) is 3. The van der Waals surface area contributed by atoms with E-state index in [9.17, 15) is 9.59 Å². The van der Waals surface area contributed by atoms with Crippen LogP contribution in [0.15, 0.2) is 72.8 Å². The molecule has 0 aliphatic heterocycles. The van der Waals surface area contributed by atoms with Crippen LogP contribution >= 0.6 is 35.0 Å². The van der Waals surface area contributed by atoms with Crippen LogP contribution in [0.5, 0.6) is 0 Å². The maximum Gasteiger partial charge on any atom is 0.243 e. The molecule has 3 aromatic rings. The van der Waals surface area contributed by atoms with Gasteiger partial charge < -0.3 is 10.2 Å². The summed E-state index contributed by atoms with van der Waals surface area (Å²) in [7, 11) is 0. The van der Waals surface area contributed by atoms with Crippen molar-refractivity contribution in [1.29, 1.82) is 0 Å². The highest BCUT2D eigenvalue weighted by Crippen LogP contribution is 2.28. The van der Waals surface area contributed by atoms with Crippen LogP contribution < -0.4 is 5.32 Å². The summed E-state index contributed by atoms with van der Waals surface area (Å²) in [4.78, 5) is 28.7. The smallest absolute Gasteiger partial charge is 0.243 e. The van der Waals surface area contributed by atoms with Crippen LogP contribution in [-0.4, -0.2) is 35.1 Å². The Kier molecular flexibility index (Phi) is 11.2. The standard InChI is InChI=1S/C29H32Cl2N2O2S/c1-3-16-32-29(35)27(17-22-8-5-4-6-9-22)33(18-24-25(30)10-7-11-26(24)31)28(34)20-36-19-23-14-12-21(2)13-15-23/h4-15,27H,3,16-20H2,1-2H3,(H,32,35)/t27-/m1/s1. The van der Waals surface area contributed by atoms with Gasteiger partial charge >= 0.3 is 0 Å². The van der Waals surface area contributed by atoms with E-state index in [0.717, 1.165) is 17.5 Å². The molecule has 3 aromatic carbocycles. The van der Waals surface area contributed by atoms with E-state index in [1.54, 1.807) is 23.1 Å². The molecule has 0 fully saturated rings. The molecular weight excluding hydrogens is 511 g/mol. The fourth-order valence-electron chi connectivity index (χ4n) is 3.80. The zero-order valence-corrected chi connectivity index (χ0v) is 23.0. The Labute approximate surface area is 228 Å². The van der Waals surface area contributed by atoms with Crippen molar-refractivity contribution in [3.63, 3.8) is 0 Å². The Morgan fingerprint density at radius 2 is 1.58 bits per heavy atom. The normalized spacial score (nSPS) is 11.7. The van der Waals surface area contributed by atoms with Crippen molar-refractivity contribution in [1.82, 2.24) is 10.2 Å². The molecule has 36 heavy (non-hydrogen) atoms. The Hall–Kier alpha value is -2.47. The summed E-state index contributed by atoms with van der Waals surface area (Å²) in [6.07, 6.45) is 1.20. The highest BCUT2D eigenvalue weighted by molar-refractivity contribution is 7.99. The van der Waals surface area contributed by atoms with Crippen LogP contribution in [0.25, 0.3) is 0 Å². The minimum atomic E-state index is -0.696. The zero-order valence-electron chi connectivity index (χ0n) is 20.7. The average molecular weight is 544 g/mol. The molecule has 0 radical (unpaired) electrons. The third-order valence-corrected chi connectivity index (χ3v) is 7.52. The van der Waals surface area contributed by atoms with E-state index in [0.29, 0.717) is 34.3 Å². The second kappa shape index (κ2) is 14.3. The molecule has 2 amide bonds. The fourth-order valence-corrected chi connectivity index (χ4v) is 5.18. The van der Waals surface area contributed by atoms with Crippen LogP contribution in [-0.2, 0) is 28.3 Å². The summed E-state index contributed by atoms with van der Waals surface area (Å²) >= 11 is 14.5. The first-order valence-corrected chi connectivity index (χ1v) is 14.0. The van der Waals surface area contributed by atoms with Gasteiger partial charge in [0.15, 0.2) is 0 Å². The maximum absolute atomic E-state index is 13.7. The molecule has 0 aromatic heterocycles. The first-order valence-electron chi connectivity index (χ1n) is 12.1. The topological polar surface area (TPSA) is 49.4 Å². The minimum Gasteiger partial charge on any atom is -0.354 e. The van der Waals surface area contributed by atoms with Crippen molar-refractivity contribution < 1.29 is 9.59 Å². The highest BCUT2D eigenvalue weighted by atomic mass is 35.5. The fraction of sp³-hybridized carbons (Fsp3) is 0.310. The van der Waals surface area contributed by atoms with Crippen LogP contribution in [0.1, 0.15) is 35.6 Å². The van der Waals surface area contributed by atoms with Gasteiger partial charge in [0.05, 0.1) is 5.75 Å². The lowest BCUT2D eigenvalue weighted by Gasteiger charge is -2.32. The second-order valence-electron chi connectivity index (χ2n) is 8.70. The van der Waals surface area contributed by atoms with Crippen LogP contribution in [0.3, 0.4) is 0 Å². The van der Waals surface area contributed by atoms with E-state index < -0.39 is 6.04 Å². The zero-order chi connectivity index (χ0) is 25.9. The summed E-state index contributed by atoms with van der Waals surface area (Å²) in [6.45, 7) is 4.75. The number of thioether (sulfide) groups is 1. The van der Waals surface area contributed by atoms with E-state index in [1.165, 1.54) is 17.3 Å². The number of halogens is 2. The minimum absolute atomic E-state index is 0.129. The lowest BCUT2D eigenvalue weighted by molar-refractivity contribution is -0.139. The molecule has 7 heteroatoms. The van der Waals surface area contributed by atoms with Crippen LogP contribution in [0, 0.1) is 6.92 Å². The molecule has 1 N–H and O–H groups in total. The predicted molar refractivity (Wildman–Crippen MR) is 152 cm³/mol.